The molecule has 0 bridgehead atoms. The van der Waals surface area contributed by atoms with E-state index in [2.05, 4.69) is 52.5 Å². The highest BCUT2D eigenvalue weighted by molar-refractivity contribution is 9.10. The van der Waals surface area contributed by atoms with Gasteiger partial charge in [0.15, 0.2) is 0 Å². The molecule has 0 amide bonds. The lowest BCUT2D eigenvalue weighted by Crippen LogP contribution is -2.29. The van der Waals surface area contributed by atoms with Gasteiger partial charge in [0.05, 0.1) is 6.04 Å². The van der Waals surface area contributed by atoms with Crippen LogP contribution < -0.4 is 11.3 Å². The molecule has 100 valence electrons. The van der Waals surface area contributed by atoms with Crippen molar-refractivity contribution in [3.05, 3.63) is 68.7 Å². The molecule has 0 heterocycles. The van der Waals surface area contributed by atoms with Crippen molar-refractivity contribution >= 4 is 27.5 Å². The minimum Gasteiger partial charge on any atom is -0.271 e. The van der Waals surface area contributed by atoms with Gasteiger partial charge in [-0.25, -0.2) is 0 Å². The number of nitrogens with one attached hydrogen (secondary N) is 1. The summed E-state index contributed by atoms with van der Waals surface area (Å²) in [4.78, 5) is 0. The Labute approximate surface area is 127 Å². The lowest BCUT2D eigenvalue weighted by molar-refractivity contribution is 0.552. The zero-order valence-electron chi connectivity index (χ0n) is 10.7. The normalized spacial score (nSPS) is 12.4. The third-order valence-electron chi connectivity index (χ3n) is 3.10. The Kier molecular flexibility index (Phi) is 4.99. The van der Waals surface area contributed by atoms with E-state index in [9.17, 15) is 0 Å². The summed E-state index contributed by atoms with van der Waals surface area (Å²) >= 11 is 9.71. The van der Waals surface area contributed by atoms with Crippen LogP contribution in [0.25, 0.3) is 0 Å². The van der Waals surface area contributed by atoms with Crippen molar-refractivity contribution in [2.75, 3.05) is 0 Å². The highest BCUT2D eigenvalue weighted by atomic mass is 79.9. The molecule has 4 heteroatoms. The molecule has 3 N–H and O–H groups in total. The van der Waals surface area contributed by atoms with Crippen molar-refractivity contribution in [2.45, 2.75) is 19.4 Å². The van der Waals surface area contributed by atoms with E-state index < -0.39 is 0 Å². The maximum absolute atomic E-state index is 6.24. The van der Waals surface area contributed by atoms with Gasteiger partial charge >= 0.3 is 0 Å². The van der Waals surface area contributed by atoms with E-state index in [-0.39, 0.29) is 6.04 Å². The lowest BCUT2D eigenvalue weighted by atomic mass is 9.99. The zero-order valence-corrected chi connectivity index (χ0v) is 13.0. The first-order valence-electron chi connectivity index (χ1n) is 6.07. The second-order valence-corrected chi connectivity index (χ2v) is 5.90. The Balaban J connectivity index is 2.24. The fourth-order valence-corrected chi connectivity index (χ4v) is 2.63. The summed E-state index contributed by atoms with van der Waals surface area (Å²) in [6.45, 7) is 2.08. The number of nitrogens with two attached hydrogens (primary N) is 1. The van der Waals surface area contributed by atoms with E-state index in [0.717, 1.165) is 21.5 Å². The molecule has 0 spiro atoms. The number of hydrogen-bond donors (Lipinski definition) is 2. The van der Waals surface area contributed by atoms with Crippen LogP contribution in [0.15, 0.2) is 46.9 Å². The molecule has 0 aliphatic heterocycles. The molecule has 0 fully saturated rings. The topological polar surface area (TPSA) is 38.0 Å². The minimum atomic E-state index is -0.00675. The van der Waals surface area contributed by atoms with Gasteiger partial charge in [0, 0.05) is 9.50 Å². The van der Waals surface area contributed by atoms with Crippen LogP contribution in [0.1, 0.15) is 22.7 Å². The molecule has 2 aromatic carbocycles. The number of hydrazine groups is 1. The minimum absolute atomic E-state index is 0.00675. The van der Waals surface area contributed by atoms with Gasteiger partial charge in [0.25, 0.3) is 0 Å². The third-order valence-corrected chi connectivity index (χ3v) is 3.93. The summed E-state index contributed by atoms with van der Waals surface area (Å²) in [7, 11) is 0. The Bertz CT molecular complexity index is 555. The fourth-order valence-electron chi connectivity index (χ4n) is 2.00. The third kappa shape index (κ3) is 3.80. The largest absolute Gasteiger partial charge is 0.271 e. The summed E-state index contributed by atoms with van der Waals surface area (Å²) in [6.07, 6.45) is 0.799. The number of rotatable bonds is 4. The number of hydrogen-bond acceptors (Lipinski definition) is 2. The van der Waals surface area contributed by atoms with Crippen molar-refractivity contribution in [3.63, 3.8) is 0 Å². The second-order valence-electron chi connectivity index (χ2n) is 4.57. The van der Waals surface area contributed by atoms with E-state index >= 15 is 0 Å². The van der Waals surface area contributed by atoms with Crippen LogP contribution in [0.4, 0.5) is 0 Å². The highest BCUT2D eigenvalue weighted by Gasteiger charge is 2.14. The SMILES string of the molecule is Cc1ccc(CC(NN)c2cc(Br)ccc2Cl)cc1. The average Bonchev–Trinajstić information content (AvgIpc) is 2.41. The predicted octanol–water partition coefficient (Wildman–Crippen LogP) is 4.16. The number of benzene rings is 2. The van der Waals surface area contributed by atoms with Gasteiger partial charge in [0.2, 0.25) is 0 Å². The standard InChI is InChI=1S/C15H16BrClN2/c1-10-2-4-11(5-3-10)8-15(19-18)13-9-12(16)6-7-14(13)17/h2-7,9,15,19H,8,18H2,1H3. The Morgan fingerprint density at radius 1 is 1.21 bits per heavy atom. The molecule has 0 radical (unpaired) electrons. The molecular formula is C15H16BrClN2. The Morgan fingerprint density at radius 3 is 2.53 bits per heavy atom. The van der Waals surface area contributed by atoms with E-state index in [1.165, 1.54) is 11.1 Å². The quantitative estimate of drug-likeness (QED) is 0.648. The Hall–Kier alpha value is -0.870. The molecule has 2 rings (SSSR count). The maximum atomic E-state index is 6.24. The van der Waals surface area contributed by atoms with Crippen LogP contribution in [0.5, 0.6) is 0 Å². The van der Waals surface area contributed by atoms with E-state index in [1.54, 1.807) is 0 Å². The molecule has 19 heavy (non-hydrogen) atoms. The highest BCUT2D eigenvalue weighted by Crippen LogP contribution is 2.28. The molecule has 2 aromatic rings. The van der Waals surface area contributed by atoms with E-state index in [0.29, 0.717) is 0 Å². The summed E-state index contributed by atoms with van der Waals surface area (Å²) in [5, 5.41) is 0.721. The molecule has 2 nitrogen and oxygen atoms in total. The van der Waals surface area contributed by atoms with Gasteiger partial charge in [-0.1, -0.05) is 57.4 Å². The van der Waals surface area contributed by atoms with Gasteiger partial charge < -0.3 is 0 Å². The van der Waals surface area contributed by atoms with Crippen molar-refractivity contribution in [1.82, 2.24) is 5.43 Å². The summed E-state index contributed by atoms with van der Waals surface area (Å²) in [5.41, 5.74) is 6.32. The number of halogens is 2. The Morgan fingerprint density at radius 2 is 1.89 bits per heavy atom. The maximum Gasteiger partial charge on any atom is 0.0515 e. The average molecular weight is 340 g/mol. The van der Waals surface area contributed by atoms with Gasteiger partial charge in [-0.05, 0) is 42.7 Å². The van der Waals surface area contributed by atoms with Crippen LogP contribution in [0.2, 0.25) is 5.02 Å². The smallest absolute Gasteiger partial charge is 0.0515 e. The molecule has 0 aromatic heterocycles. The molecule has 0 saturated carbocycles. The molecule has 0 saturated heterocycles. The van der Waals surface area contributed by atoms with Crippen molar-refractivity contribution in [3.8, 4) is 0 Å². The van der Waals surface area contributed by atoms with Gasteiger partial charge in [-0.15, -0.1) is 0 Å². The van der Waals surface area contributed by atoms with Crippen LogP contribution in [-0.4, -0.2) is 0 Å². The first-order valence-corrected chi connectivity index (χ1v) is 7.24. The first-order chi connectivity index (χ1) is 9.10. The van der Waals surface area contributed by atoms with E-state index in [4.69, 9.17) is 17.4 Å². The first kappa shape index (κ1) is 14.5. The molecule has 0 aliphatic carbocycles. The van der Waals surface area contributed by atoms with Crippen molar-refractivity contribution in [1.29, 1.82) is 0 Å². The molecule has 1 unspecified atom stereocenters. The van der Waals surface area contributed by atoms with Crippen LogP contribution in [-0.2, 0) is 6.42 Å². The summed E-state index contributed by atoms with van der Waals surface area (Å²) < 4.78 is 0.996. The van der Waals surface area contributed by atoms with Crippen molar-refractivity contribution in [2.24, 2.45) is 5.84 Å². The zero-order chi connectivity index (χ0) is 13.8. The summed E-state index contributed by atoms with van der Waals surface area (Å²) in [6, 6.07) is 14.2. The van der Waals surface area contributed by atoms with Gasteiger partial charge in [-0.3, -0.25) is 11.3 Å². The van der Waals surface area contributed by atoms with Crippen molar-refractivity contribution < 1.29 is 0 Å². The fraction of sp³-hybridized carbons (Fsp3) is 0.200. The number of aryl methyl sites for hydroxylation is 1. The summed E-state index contributed by atoms with van der Waals surface area (Å²) in [5.74, 6) is 5.68. The molecular weight excluding hydrogens is 324 g/mol. The van der Waals surface area contributed by atoms with Crippen LogP contribution in [0.3, 0.4) is 0 Å². The lowest BCUT2D eigenvalue weighted by Gasteiger charge is -2.18. The van der Waals surface area contributed by atoms with Gasteiger partial charge in [-0.2, -0.15) is 0 Å². The second kappa shape index (κ2) is 6.53. The monoisotopic (exact) mass is 338 g/mol. The molecule has 0 aliphatic rings. The van der Waals surface area contributed by atoms with Crippen LogP contribution >= 0.6 is 27.5 Å². The van der Waals surface area contributed by atoms with Gasteiger partial charge in [0.1, 0.15) is 0 Å². The predicted molar refractivity (Wildman–Crippen MR) is 84.1 cm³/mol. The van der Waals surface area contributed by atoms with Crippen LogP contribution in [0, 0.1) is 6.92 Å². The molecule has 1 atom stereocenters. The van der Waals surface area contributed by atoms with E-state index in [1.807, 2.05) is 18.2 Å².